The summed E-state index contributed by atoms with van der Waals surface area (Å²) >= 11 is 7.47. The van der Waals surface area contributed by atoms with Gasteiger partial charge in [0.15, 0.2) is 5.16 Å². The largest absolute Gasteiger partial charge is 0.481 e. The predicted octanol–water partition coefficient (Wildman–Crippen LogP) is 2.27. The molecule has 1 N–H and O–H groups in total. The van der Waals surface area contributed by atoms with Crippen LogP contribution in [0.15, 0.2) is 35.5 Å². The van der Waals surface area contributed by atoms with Crippen LogP contribution in [0.4, 0.5) is 0 Å². The molecule has 0 bridgehead atoms. The molecule has 8 heteroatoms. The molecule has 0 amide bonds. The summed E-state index contributed by atoms with van der Waals surface area (Å²) in [6.07, 6.45) is 1.77. The number of rotatable bonds is 5. The smallest absolute Gasteiger partial charge is 0.347 e. The second kappa shape index (κ2) is 7.16. The fourth-order valence-electron chi connectivity index (χ4n) is 2.13. The van der Waals surface area contributed by atoms with Crippen LogP contribution in [0.3, 0.4) is 0 Å². The summed E-state index contributed by atoms with van der Waals surface area (Å²) in [5, 5.41) is 11.4. The van der Waals surface area contributed by atoms with Gasteiger partial charge in [0.25, 0.3) is 0 Å². The van der Waals surface area contributed by atoms with Gasteiger partial charge in [-0.1, -0.05) is 53.7 Å². The van der Waals surface area contributed by atoms with Crippen molar-refractivity contribution < 1.29 is 19.4 Å². The van der Waals surface area contributed by atoms with Gasteiger partial charge in [0.05, 0.1) is 19.8 Å². The maximum Gasteiger partial charge on any atom is 0.347 e. The van der Waals surface area contributed by atoms with Crippen LogP contribution >= 0.6 is 23.4 Å². The van der Waals surface area contributed by atoms with Gasteiger partial charge >= 0.3 is 5.97 Å². The molecule has 122 valence electrons. The van der Waals surface area contributed by atoms with Gasteiger partial charge in [-0.3, -0.25) is 0 Å². The number of esters is 1. The quantitative estimate of drug-likeness (QED) is 0.381. The maximum atomic E-state index is 12.4. The Labute approximate surface area is 142 Å². The zero-order chi connectivity index (χ0) is 17.0. The number of ether oxygens (including phenoxy) is 2. The Balaban J connectivity index is 2.78. The first-order valence-corrected chi connectivity index (χ1v) is 8.11. The highest BCUT2D eigenvalue weighted by molar-refractivity contribution is 7.98. The van der Waals surface area contributed by atoms with E-state index in [0.717, 1.165) is 0 Å². The number of nitrogens with zero attached hydrogens (tertiary/aromatic N) is 2. The molecule has 0 spiro atoms. The Bertz CT molecular complexity index is 714. The van der Waals surface area contributed by atoms with E-state index in [4.69, 9.17) is 21.1 Å². The third-order valence-electron chi connectivity index (χ3n) is 3.22. The monoisotopic (exact) mass is 354 g/mol. The van der Waals surface area contributed by atoms with Crippen LogP contribution in [0.2, 0.25) is 5.15 Å². The first-order chi connectivity index (χ1) is 11.0. The average molecular weight is 355 g/mol. The standard InChI is InChI=1S/C15H15ClN2O4S/c1-21-12-10(11(16)17-14(18-12)23-3)15(20,13(19)22-2)9-7-5-4-6-8-9/h4-8,20H,1-3H3. The highest BCUT2D eigenvalue weighted by Crippen LogP contribution is 2.40. The van der Waals surface area contributed by atoms with Crippen molar-refractivity contribution >= 4 is 29.3 Å². The van der Waals surface area contributed by atoms with Crippen LogP contribution in [0.5, 0.6) is 5.88 Å². The number of methoxy groups -OCH3 is 2. The molecule has 1 unspecified atom stereocenters. The zero-order valence-electron chi connectivity index (χ0n) is 12.7. The van der Waals surface area contributed by atoms with Gasteiger partial charge in [0, 0.05) is 0 Å². The van der Waals surface area contributed by atoms with Crippen LogP contribution in [0, 0.1) is 0 Å². The van der Waals surface area contributed by atoms with E-state index in [0.29, 0.717) is 5.16 Å². The molecule has 1 aromatic heterocycles. The molecule has 2 rings (SSSR count). The van der Waals surface area contributed by atoms with E-state index in [2.05, 4.69) is 9.97 Å². The highest BCUT2D eigenvalue weighted by atomic mass is 35.5. The Kier molecular flexibility index (Phi) is 5.46. The summed E-state index contributed by atoms with van der Waals surface area (Å²) in [5.41, 5.74) is -1.97. The Morgan fingerprint density at radius 3 is 2.43 bits per heavy atom. The lowest BCUT2D eigenvalue weighted by Gasteiger charge is -2.27. The minimum absolute atomic E-state index is 0.00565. The van der Waals surface area contributed by atoms with Crippen LogP contribution in [0.25, 0.3) is 0 Å². The number of hydrogen-bond donors (Lipinski definition) is 1. The van der Waals surface area contributed by atoms with Gasteiger partial charge in [-0.05, 0) is 11.8 Å². The number of carbonyl (C=O) groups is 1. The third-order valence-corrected chi connectivity index (χ3v) is 4.04. The predicted molar refractivity (Wildman–Crippen MR) is 86.8 cm³/mol. The van der Waals surface area contributed by atoms with Crippen LogP contribution < -0.4 is 4.74 Å². The van der Waals surface area contributed by atoms with Gasteiger partial charge < -0.3 is 14.6 Å². The first kappa shape index (κ1) is 17.5. The van der Waals surface area contributed by atoms with E-state index in [1.54, 1.807) is 36.6 Å². The maximum absolute atomic E-state index is 12.4. The Morgan fingerprint density at radius 1 is 1.26 bits per heavy atom. The van der Waals surface area contributed by atoms with Crippen molar-refractivity contribution in [3.05, 3.63) is 46.6 Å². The van der Waals surface area contributed by atoms with E-state index >= 15 is 0 Å². The molecule has 6 nitrogen and oxygen atoms in total. The van der Waals surface area contributed by atoms with E-state index in [-0.39, 0.29) is 22.2 Å². The van der Waals surface area contributed by atoms with Gasteiger partial charge in [-0.25, -0.2) is 9.78 Å². The summed E-state index contributed by atoms with van der Waals surface area (Å²) in [5.74, 6) is -0.907. The van der Waals surface area contributed by atoms with Gasteiger partial charge in [-0.2, -0.15) is 4.98 Å². The molecule has 1 atom stereocenters. The molecule has 0 saturated carbocycles. The second-order valence-electron chi connectivity index (χ2n) is 4.45. The molecule has 1 aromatic carbocycles. The molecule has 2 aromatic rings. The first-order valence-electron chi connectivity index (χ1n) is 6.51. The van der Waals surface area contributed by atoms with Crippen molar-refractivity contribution in [2.24, 2.45) is 0 Å². The normalized spacial score (nSPS) is 13.3. The third kappa shape index (κ3) is 3.12. The molecule has 0 aliphatic heterocycles. The van der Waals surface area contributed by atoms with Crippen molar-refractivity contribution in [2.75, 3.05) is 20.5 Å². The Hall–Kier alpha value is -1.83. The summed E-state index contributed by atoms with van der Waals surface area (Å²) in [7, 11) is 2.54. The molecule has 0 fully saturated rings. The van der Waals surface area contributed by atoms with Crippen LogP contribution in [0.1, 0.15) is 11.1 Å². The van der Waals surface area contributed by atoms with Crippen LogP contribution in [-0.2, 0) is 15.1 Å². The van der Waals surface area contributed by atoms with E-state index in [1.165, 1.54) is 26.0 Å². The summed E-state index contributed by atoms with van der Waals surface area (Å²) in [4.78, 5) is 20.6. The van der Waals surface area contributed by atoms with Crippen molar-refractivity contribution in [3.8, 4) is 5.88 Å². The number of aromatic nitrogens is 2. The Morgan fingerprint density at radius 2 is 1.91 bits per heavy atom. The van der Waals surface area contributed by atoms with Crippen molar-refractivity contribution in [1.82, 2.24) is 9.97 Å². The lowest BCUT2D eigenvalue weighted by molar-refractivity contribution is -0.159. The zero-order valence-corrected chi connectivity index (χ0v) is 14.3. The van der Waals surface area contributed by atoms with E-state index < -0.39 is 11.6 Å². The molecular weight excluding hydrogens is 340 g/mol. The number of halogens is 1. The number of benzene rings is 1. The highest BCUT2D eigenvalue weighted by Gasteiger charge is 2.46. The number of carbonyl (C=O) groups excluding carboxylic acids is 1. The lowest BCUT2D eigenvalue weighted by Crippen LogP contribution is -2.39. The molecule has 0 saturated heterocycles. The minimum atomic E-state index is -2.19. The molecule has 23 heavy (non-hydrogen) atoms. The van der Waals surface area contributed by atoms with Gasteiger partial charge in [-0.15, -0.1) is 0 Å². The fourth-order valence-corrected chi connectivity index (χ4v) is 2.83. The van der Waals surface area contributed by atoms with Gasteiger partial charge in [0.2, 0.25) is 11.5 Å². The summed E-state index contributed by atoms with van der Waals surface area (Å²) in [6.45, 7) is 0. The number of hydrogen-bond acceptors (Lipinski definition) is 7. The van der Waals surface area contributed by atoms with Crippen molar-refractivity contribution in [3.63, 3.8) is 0 Å². The van der Waals surface area contributed by atoms with Gasteiger partial charge in [0.1, 0.15) is 5.15 Å². The lowest BCUT2D eigenvalue weighted by atomic mass is 9.87. The second-order valence-corrected chi connectivity index (χ2v) is 5.58. The minimum Gasteiger partial charge on any atom is -0.481 e. The molecule has 0 radical (unpaired) electrons. The van der Waals surface area contributed by atoms with E-state index in [1.807, 2.05) is 0 Å². The SMILES string of the molecule is COC(=O)C(O)(c1ccccc1)c1c(Cl)nc(SC)nc1OC. The topological polar surface area (TPSA) is 81.5 Å². The summed E-state index contributed by atoms with van der Waals surface area (Å²) < 4.78 is 9.99. The number of thioether (sulfide) groups is 1. The molecule has 0 aliphatic carbocycles. The van der Waals surface area contributed by atoms with Crippen molar-refractivity contribution in [1.29, 1.82) is 0 Å². The molecule has 0 aliphatic rings. The molecular formula is C15H15ClN2O4S. The fraction of sp³-hybridized carbons (Fsp3) is 0.267. The van der Waals surface area contributed by atoms with Crippen molar-refractivity contribution in [2.45, 2.75) is 10.8 Å². The van der Waals surface area contributed by atoms with Crippen LogP contribution in [-0.4, -0.2) is 41.5 Å². The van der Waals surface area contributed by atoms with E-state index in [9.17, 15) is 9.90 Å². The molecule has 1 heterocycles. The average Bonchev–Trinajstić information content (AvgIpc) is 2.60. The summed E-state index contributed by atoms with van der Waals surface area (Å²) in [6, 6.07) is 8.28. The number of aliphatic hydroxyl groups is 1.